The minimum absolute atomic E-state index is 0.103. The summed E-state index contributed by atoms with van der Waals surface area (Å²) >= 11 is 0. The van der Waals surface area contributed by atoms with Crippen LogP contribution in [0.25, 0.3) is 0 Å². The molecule has 146 valence electrons. The molecule has 0 saturated carbocycles. The Bertz CT molecular complexity index is 922. The zero-order valence-corrected chi connectivity index (χ0v) is 16.2. The van der Waals surface area contributed by atoms with Gasteiger partial charge in [-0.2, -0.15) is 0 Å². The van der Waals surface area contributed by atoms with Crippen molar-refractivity contribution in [1.29, 1.82) is 0 Å². The van der Waals surface area contributed by atoms with Crippen LogP contribution in [0, 0.1) is 0 Å². The van der Waals surface area contributed by atoms with Crippen LogP contribution < -0.4 is 19.5 Å². The van der Waals surface area contributed by atoms with E-state index in [9.17, 15) is 4.79 Å². The number of methoxy groups -OCH3 is 3. The number of anilines is 1. The first kappa shape index (κ1) is 19.4. The van der Waals surface area contributed by atoms with Crippen molar-refractivity contribution in [2.75, 3.05) is 26.6 Å². The second-order valence-electron chi connectivity index (χ2n) is 6.24. The molecule has 0 aliphatic carbocycles. The summed E-state index contributed by atoms with van der Waals surface area (Å²) in [6.45, 7) is 0. The van der Waals surface area contributed by atoms with Gasteiger partial charge in [0.2, 0.25) is 5.91 Å². The van der Waals surface area contributed by atoms with Gasteiger partial charge < -0.3 is 24.1 Å². The Balaban J connectivity index is 1.80. The number of hydrogen-bond donors (Lipinski definition) is 1. The van der Waals surface area contributed by atoms with E-state index >= 15 is 0 Å². The molecule has 1 N–H and O–H groups in total. The highest BCUT2D eigenvalue weighted by molar-refractivity contribution is 5.91. The van der Waals surface area contributed by atoms with E-state index in [4.69, 9.17) is 14.2 Å². The van der Waals surface area contributed by atoms with Gasteiger partial charge in [-0.1, -0.05) is 12.1 Å². The van der Waals surface area contributed by atoms with Gasteiger partial charge in [0.1, 0.15) is 5.75 Å². The highest BCUT2D eigenvalue weighted by atomic mass is 16.5. The molecule has 3 rings (SSSR count). The average Bonchev–Trinajstić information content (AvgIpc) is 3.26. The molecule has 0 unspecified atom stereocenters. The average molecular weight is 380 g/mol. The van der Waals surface area contributed by atoms with Crippen molar-refractivity contribution in [2.45, 2.75) is 12.5 Å². The number of rotatable bonds is 8. The quantitative estimate of drug-likeness (QED) is 0.638. The monoisotopic (exact) mass is 380 g/mol. The molecule has 0 fully saturated rings. The summed E-state index contributed by atoms with van der Waals surface area (Å²) in [5.74, 6) is 1.83. The second-order valence-corrected chi connectivity index (χ2v) is 6.24. The lowest BCUT2D eigenvalue weighted by Gasteiger charge is -2.20. The van der Waals surface area contributed by atoms with Gasteiger partial charge in [0.05, 0.1) is 33.8 Å². The fourth-order valence-electron chi connectivity index (χ4n) is 3.10. The lowest BCUT2D eigenvalue weighted by atomic mass is 10.0. The van der Waals surface area contributed by atoms with Crippen LogP contribution in [0.1, 0.15) is 18.0 Å². The summed E-state index contributed by atoms with van der Waals surface area (Å²) in [4.78, 5) is 12.8. The van der Waals surface area contributed by atoms with Gasteiger partial charge in [-0.15, -0.1) is 0 Å². The van der Waals surface area contributed by atoms with Crippen molar-refractivity contribution in [3.8, 4) is 17.2 Å². The molecule has 2 aromatic carbocycles. The van der Waals surface area contributed by atoms with Crippen LogP contribution in [0.2, 0.25) is 0 Å². The number of carbonyl (C=O) groups is 1. The van der Waals surface area contributed by atoms with Crippen LogP contribution in [0.5, 0.6) is 17.2 Å². The zero-order chi connectivity index (χ0) is 19.9. The minimum Gasteiger partial charge on any atom is -0.497 e. The van der Waals surface area contributed by atoms with Gasteiger partial charge >= 0.3 is 0 Å². The zero-order valence-electron chi connectivity index (χ0n) is 16.2. The molecule has 0 bridgehead atoms. The summed E-state index contributed by atoms with van der Waals surface area (Å²) in [6, 6.07) is 16.8. The second kappa shape index (κ2) is 8.99. The lowest BCUT2D eigenvalue weighted by Crippen LogP contribution is -2.19. The Labute approximate surface area is 164 Å². The maximum Gasteiger partial charge on any atom is 0.226 e. The van der Waals surface area contributed by atoms with Crippen molar-refractivity contribution < 1.29 is 19.0 Å². The number of nitrogens with one attached hydrogen (secondary N) is 1. The summed E-state index contributed by atoms with van der Waals surface area (Å²) in [7, 11) is 4.77. The number of aromatic nitrogens is 1. The van der Waals surface area contributed by atoms with E-state index in [0.717, 1.165) is 11.3 Å². The van der Waals surface area contributed by atoms with Crippen molar-refractivity contribution in [3.63, 3.8) is 0 Å². The molecule has 0 saturated heterocycles. The summed E-state index contributed by atoms with van der Waals surface area (Å²) in [6.07, 6.45) is 4.18. The fraction of sp³-hybridized carbons (Fsp3) is 0.227. The van der Waals surface area contributed by atoms with Crippen molar-refractivity contribution in [3.05, 3.63) is 72.6 Å². The van der Waals surface area contributed by atoms with Gasteiger partial charge in [0.25, 0.3) is 0 Å². The number of nitrogens with zero attached hydrogens (tertiary/aromatic N) is 1. The van der Waals surface area contributed by atoms with Crippen molar-refractivity contribution in [1.82, 2.24) is 4.57 Å². The van der Waals surface area contributed by atoms with Crippen LogP contribution >= 0.6 is 0 Å². The first-order valence-electron chi connectivity index (χ1n) is 8.93. The number of hydrogen-bond acceptors (Lipinski definition) is 4. The van der Waals surface area contributed by atoms with Crippen LogP contribution in [0.15, 0.2) is 67.0 Å². The molecule has 3 aromatic rings. The highest BCUT2D eigenvalue weighted by Crippen LogP contribution is 2.30. The molecular weight excluding hydrogens is 356 g/mol. The molecule has 0 spiro atoms. The number of benzene rings is 2. The number of ether oxygens (including phenoxy) is 3. The molecule has 1 atom stereocenters. The molecule has 6 nitrogen and oxygen atoms in total. The van der Waals surface area contributed by atoms with E-state index in [2.05, 4.69) is 5.32 Å². The topological polar surface area (TPSA) is 61.7 Å². The molecule has 0 aliphatic rings. The van der Waals surface area contributed by atoms with Gasteiger partial charge in [0.15, 0.2) is 11.5 Å². The van der Waals surface area contributed by atoms with Crippen molar-refractivity contribution in [2.24, 2.45) is 0 Å². The molecular formula is C22H24N2O4. The Hall–Kier alpha value is -3.41. The smallest absolute Gasteiger partial charge is 0.226 e. The first-order chi connectivity index (χ1) is 13.6. The SMILES string of the molecule is COc1cccc([C@@H](CC(=O)Nc2ccc(OC)c(OC)c2)n2cccc2)c1. The summed E-state index contributed by atoms with van der Waals surface area (Å²) in [5.41, 5.74) is 1.65. The maximum atomic E-state index is 12.8. The molecule has 1 heterocycles. The Morgan fingerprint density at radius 3 is 2.36 bits per heavy atom. The number of carbonyl (C=O) groups excluding carboxylic acids is 1. The van der Waals surface area contributed by atoms with Gasteiger partial charge in [-0.3, -0.25) is 4.79 Å². The van der Waals surface area contributed by atoms with E-state index in [1.807, 2.05) is 53.4 Å². The van der Waals surface area contributed by atoms with Crippen molar-refractivity contribution >= 4 is 11.6 Å². The standard InChI is InChI=1S/C22H24N2O4/c1-26-18-8-6-7-16(13-18)19(24-11-4-5-12-24)15-22(25)23-17-9-10-20(27-2)21(14-17)28-3/h4-14,19H,15H2,1-3H3,(H,23,25)/t19-/m1/s1. The van der Waals surface area contributed by atoms with Gasteiger partial charge in [0, 0.05) is 24.1 Å². The van der Waals surface area contributed by atoms with E-state index in [-0.39, 0.29) is 18.4 Å². The van der Waals surface area contributed by atoms with E-state index in [1.165, 1.54) is 0 Å². The molecule has 1 amide bonds. The third-order valence-corrected chi connectivity index (χ3v) is 4.51. The van der Waals surface area contributed by atoms with Crippen LogP contribution in [0.4, 0.5) is 5.69 Å². The molecule has 6 heteroatoms. The molecule has 28 heavy (non-hydrogen) atoms. The molecule has 0 aliphatic heterocycles. The molecule has 1 aromatic heterocycles. The summed E-state index contributed by atoms with van der Waals surface area (Å²) < 4.78 is 17.9. The van der Waals surface area contributed by atoms with Gasteiger partial charge in [-0.25, -0.2) is 0 Å². The lowest BCUT2D eigenvalue weighted by molar-refractivity contribution is -0.116. The maximum absolute atomic E-state index is 12.8. The molecule has 0 radical (unpaired) electrons. The van der Waals surface area contributed by atoms with Crippen LogP contribution in [0.3, 0.4) is 0 Å². The fourth-order valence-corrected chi connectivity index (χ4v) is 3.10. The van der Waals surface area contributed by atoms with E-state index in [1.54, 1.807) is 39.5 Å². The Morgan fingerprint density at radius 1 is 0.929 bits per heavy atom. The third kappa shape index (κ3) is 4.46. The van der Waals surface area contributed by atoms with Gasteiger partial charge in [-0.05, 0) is 42.0 Å². The Morgan fingerprint density at radius 2 is 1.68 bits per heavy atom. The highest BCUT2D eigenvalue weighted by Gasteiger charge is 2.18. The van der Waals surface area contributed by atoms with Crippen LogP contribution in [-0.4, -0.2) is 31.8 Å². The third-order valence-electron chi connectivity index (χ3n) is 4.51. The Kier molecular flexibility index (Phi) is 6.22. The first-order valence-corrected chi connectivity index (χ1v) is 8.93. The van der Waals surface area contributed by atoms with Crippen LogP contribution in [-0.2, 0) is 4.79 Å². The largest absolute Gasteiger partial charge is 0.497 e. The normalized spacial score (nSPS) is 11.5. The van der Waals surface area contributed by atoms with E-state index in [0.29, 0.717) is 17.2 Å². The number of amides is 1. The predicted molar refractivity (Wildman–Crippen MR) is 108 cm³/mol. The predicted octanol–water partition coefficient (Wildman–Crippen LogP) is 4.13. The minimum atomic E-state index is -0.148. The summed E-state index contributed by atoms with van der Waals surface area (Å²) in [5, 5.41) is 2.94. The van der Waals surface area contributed by atoms with E-state index < -0.39 is 0 Å².